The van der Waals surface area contributed by atoms with Gasteiger partial charge in [0, 0.05) is 0 Å². The third-order valence-corrected chi connectivity index (χ3v) is 3.00. The van der Waals surface area contributed by atoms with Crippen LogP contribution in [0.4, 0.5) is 4.39 Å². The number of aliphatic hydroxyl groups is 1. The van der Waals surface area contributed by atoms with Crippen molar-refractivity contribution < 1.29 is 19.0 Å². The number of esters is 1. The Kier molecular flexibility index (Phi) is 4.23. The van der Waals surface area contributed by atoms with Crippen molar-refractivity contribution >= 4 is 5.97 Å². The molecule has 94 valence electrons. The standard InChI is InChI=1S/C13H17FO3/c1-4-11(12(15)17-3)13(2,16)9-5-7-10(14)8-6-9/h5-8,11,16H,4H2,1-3H3. The number of halogens is 1. The summed E-state index contributed by atoms with van der Waals surface area (Å²) in [5.74, 6) is -1.52. The molecular weight excluding hydrogens is 223 g/mol. The third-order valence-electron chi connectivity index (χ3n) is 3.00. The second-order valence-corrected chi connectivity index (χ2v) is 4.14. The zero-order valence-electron chi connectivity index (χ0n) is 10.2. The lowest BCUT2D eigenvalue weighted by atomic mass is 9.81. The monoisotopic (exact) mass is 240 g/mol. The topological polar surface area (TPSA) is 46.5 Å². The lowest BCUT2D eigenvalue weighted by Crippen LogP contribution is -2.37. The fourth-order valence-corrected chi connectivity index (χ4v) is 1.92. The minimum absolute atomic E-state index is 0.379. The molecule has 0 radical (unpaired) electrons. The highest BCUT2D eigenvalue weighted by molar-refractivity contribution is 5.74. The quantitative estimate of drug-likeness (QED) is 0.821. The summed E-state index contributed by atoms with van der Waals surface area (Å²) >= 11 is 0. The van der Waals surface area contributed by atoms with Crippen LogP contribution in [0.2, 0.25) is 0 Å². The van der Waals surface area contributed by atoms with Crippen molar-refractivity contribution in [3.63, 3.8) is 0 Å². The zero-order chi connectivity index (χ0) is 13.1. The van der Waals surface area contributed by atoms with Crippen LogP contribution in [-0.2, 0) is 15.1 Å². The lowest BCUT2D eigenvalue weighted by molar-refractivity contribution is -0.155. The number of carbonyl (C=O) groups excluding carboxylic acids is 1. The van der Waals surface area contributed by atoms with Crippen molar-refractivity contribution in [2.75, 3.05) is 7.11 Å². The third kappa shape index (κ3) is 2.82. The van der Waals surface area contributed by atoms with Gasteiger partial charge in [-0.15, -0.1) is 0 Å². The van der Waals surface area contributed by atoms with Crippen molar-refractivity contribution in [3.8, 4) is 0 Å². The van der Waals surface area contributed by atoms with Gasteiger partial charge in [-0.25, -0.2) is 4.39 Å². The summed E-state index contributed by atoms with van der Waals surface area (Å²) in [7, 11) is 1.28. The fraction of sp³-hybridized carbons (Fsp3) is 0.462. The van der Waals surface area contributed by atoms with Gasteiger partial charge in [0.05, 0.1) is 13.0 Å². The molecule has 1 rings (SSSR count). The summed E-state index contributed by atoms with van der Waals surface area (Å²) in [5.41, 5.74) is -0.869. The predicted molar refractivity (Wildman–Crippen MR) is 61.8 cm³/mol. The first-order valence-electron chi connectivity index (χ1n) is 5.49. The first kappa shape index (κ1) is 13.6. The average molecular weight is 240 g/mol. The number of carbonyl (C=O) groups is 1. The van der Waals surface area contributed by atoms with Gasteiger partial charge in [-0.2, -0.15) is 0 Å². The molecule has 0 spiro atoms. The molecule has 3 nitrogen and oxygen atoms in total. The van der Waals surface area contributed by atoms with Crippen molar-refractivity contribution in [2.45, 2.75) is 25.9 Å². The van der Waals surface area contributed by atoms with Crippen LogP contribution in [0.25, 0.3) is 0 Å². The minimum Gasteiger partial charge on any atom is -0.469 e. The molecule has 1 N–H and O–H groups in total. The zero-order valence-corrected chi connectivity index (χ0v) is 10.2. The van der Waals surface area contributed by atoms with Crippen LogP contribution in [-0.4, -0.2) is 18.2 Å². The first-order valence-corrected chi connectivity index (χ1v) is 5.49. The van der Waals surface area contributed by atoms with Gasteiger partial charge in [0.2, 0.25) is 0 Å². The van der Waals surface area contributed by atoms with E-state index in [4.69, 9.17) is 0 Å². The Morgan fingerprint density at radius 3 is 2.41 bits per heavy atom. The molecule has 0 aliphatic heterocycles. The van der Waals surface area contributed by atoms with Crippen molar-refractivity contribution in [3.05, 3.63) is 35.6 Å². The van der Waals surface area contributed by atoms with Gasteiger partial charge in [-0.1, -0.05) is 19.1 Å². The Morgan fingerprint density at radius 2 is 2.00 bits per heavy atom. The molecule has 1 aromatic carbocycles. The lowest BCUT2D eigenvalue weighted by Gasteiger charge is -2.30. The summed E-state index contributed by atoms with van der Waals surface area (Å²) in [6.07, 6.45) is 0.442. The Labute approximate surface area is 100 Å². The van der Waals surface area contributed by atoms with Crippen LogP contribution < -0.4 is 0 Å². The summed E-state index contributed by atoms with van der Waals surface area (Å²) < 4.78 is 17.5. The molecule has 0 saturated heterocycles. The molecule has 0 aliphatic rings. The fourth-order valence-electron chi connectivity index (χ4n) is 1.92. The summed E-state index contributed by atoms with van der Waals surface area (Å²) in [5, 5.41) is 10.4. The van der Waals surface area contributed by atoms with Gasteiger partial charge in [0.1, 0.15) is 11.4 Å². The van der Waals surface area contributed by atoms with E-state index in [-0.39, 0.29) is 5.82 Å². The van der Waals surface area contributed by atoms with Gasteiger partial charge in [0.15, 0.2) is 0 Å². The van der Waals surface area contributed by atoms with Gasteiger partial charge in [-0.05, 0) is 31.0 Å². The largest absolute Gasteiger partial charge is 0.469 e. The van der Waals surface area contributed by atoms with E-state index in [1.165, 1.54) is 38.3 Å². The summed E-state index contributed by atoms with van der Waals surface area (Å²) in [6, 6.07) is 5.46. The number of hydrogen-bond acceptors (Lipinski definition) is 3. The average Bonchev–Trinajstić information content (AvgIpc) is 2.29. The molecule has 0 fully saturated rings. The second-order valence-electron chi connectivity index (χ2n) is 4.14. The summed E-state index contributed by atoms with van der Waals surface area (Å²) in [6.45, 7) is 3.32. The number of benzene rings is 1. The van der Waals surface area contributed by atoms with E-state index in [1.807, 2.05) is 0 Å². The summed E-state index contributed by atoms with van der Waals surface area (Å²) in [4.78, 5) is 11.6. The highest BCUT2D eigenvalue weighted by Gasteiger charge is 2.38. The van der Waals surface area contributed by atoms with Crippen LogP contribution in [0, 0.1) is 11.7 Å². The minimum atomic E-state index is -1.37. The molecule has 2 atom stereocenters. The Hall–Kier alpha value is -1.42. The number of hydrogen-bond donors (Lipinski definition) is 1. The molecule has 0 amide bonds. The van der Waals surface area contributed by atoms with Gasteiger partial charge in [-0.3, -0.25) is 4.79 Å². The number of methoxy groups -OCH3 is 1. The van der Waals surface area contributed by atoms with E-state index in [1.54, 1.807) is 6.92 Å². The molecule has 2 unspecified atom stereocenters. The number of ether oxygens (including phenoxy) is 1. The smallest absolute Gasteiger partial charge is 0.311 e. The molecule has 1 aromatic rings. The van der Waals surface area contributed by atoms with Crippen LogP contribution in [0.3, 0.4) is 0 Å². The van der Waals surface area contributed by atoms with E-state index in [2.05, 4.69) is 4.74 Å². The van der Waals surface area contributed by atoms with E-state index in [9.17, 15) is 14.3 Å². The predicted octanol–water partition coefficient (Wildman–Crippen LogP) is 2.23. The number of rotatable bonds is 4. The maximum absolute atomic E-state index is 12.8. The van der Waals surface area contributed by atoms with Crippen LogP contribution in [0.15, 0.2) is 24.3 Å². The molecule has 0 saturated carbocycles. The molecule has 17 heavy (non-hydrogen) atoms. The SMILES string of the molecule is CCC(C(=O)OC)C(C)(O)c1ccc(F)cc1. The molecule has 0 aliphatic carbocycles. The normalized spacial score (nSPS) is 16.1. The van der Waals surface area contributed by atoms with Gasteiger partial charge in [0.25, 0.3) is 0 Å². The molecule has 0 aromatic heterocycles. The molecule has 4 heteroatoms. The van der Waals surface area contributed by atoms with Crippen molar-refractivity contribution in [2.24, 2.45) is 5.92 Å². The van der Waals surface area contributed by atoms with Crippen molar-refractivity contribution in [1.82, 2.24) is 0 Å². The van der Waals surface area contributed by atoms with Crippen LogP contribution in [0.5, 0.6) is 0 Å². The van der Waals surface area contributed by atoms with E-state index in [0.717, 1.165) is 0 Å². The maximum atomic E-state index is 12.8. The maximum Gasteiger partial charge on any atom is 0.311 e. The van der Waals surface area contributed by atoms with Gasteiger partial charge >= 0.3 is 5.97 Å². The van der Waals surface area contributed by atoms with E-state index < -0.39 is 17.5 Å². The van der Waals surface area contributed by atoms with E-state index >= 15 is 0 Å². The first-order chi connectivity index (χ1) is 7.93. The molecule has 0 bridgehead atoms. The van der Waals surface area contributed by atoms with Crippen LogP contribution >= 0.6 is 0 Å². The molecule has 0 heterocycles. The van der Waals surface area contributed by atoms with Crippen molar-refractivity contribution in [1.29, 1.82) is 0 Å². The highest BCUT2D eigenvalue weighted by Crippen LogP contribution is 2.32. The second kappa shape index (κ2) is 5.27. The Morgan fingerprint density at radius 1 is 1.47 bits per heavy atom. The van der Waals surface area contributed by atoms with Gasteiger partial charge < -0.3 is 9.84 Å². The highest BCUT2D eigenvalue weighted by atomic mass is 19.1. The van der Waals surface area contributed by atoms with E-state index in [0.29, 0.717) is 12.0 Å². The Balaban J connectivity index is 3.07. The molecular formula is C13H17FO3. The van der Waals surface area contributed by atoms with Crippen LogP contribution in [0.1, 0.15) is 25.8 Å². The Bertz CT molecular complexity index is 384.